The third-order valence-corrected chi connectivity index (χ3v) is 4.74. The molecule has 2 amide bonds. The monoisotopic (exact) mass is 316 g/mol. The maximum atomic E-state index is 12.1. The normalized spacial score (nSPS) is 26.8. The minimum atomic E-state index is -0.776. The van der Waals surface area contributed by atoms with E-state index in [1.165, 1.54) is 11.8 Å². The number of aliphatic hydroxyl groups is 1. The van der Waals surface area contributed by atoms with E-state index < -0.39 is 5.60 Å². The molecule has 7 heteroatoms. The van der Waals surface area contributed by atoms with Gasteiger partial charge in [-0.05, 0) is 19.8 Å². The molecule has 0 saturated carbocycles. The van der Waals surface area contributed by atoms with Crippen molar-refractivity contribution in [2.45, 2.75) is 25.4 Å². The third kappa shape index (κ3) is 5.16. The summed E-state index contributed by atoms with van der Waals surface area (Å²) in [6.07, 6.45) is 1.57. The van der Waals surface area contributed by atoms with Crippen LogP contribution in [0.1, 0.15) is 19.8 Å². The van der Waals surface area contributed by atoms with Crippen LogP contribution in [0.4, 0.5) is 0 Å². The quantitative estimate of drug-likeness (QED) is 0.788. The number of likely N-dealkylation sites (tertiary alicyclic amines) is 1. The summed E-state index contributed by atoms with van der Waals surface area (Å²) < 4.78 is 5.21. The van der Waals surface area contributed by atoms with Gasteiger partial charge < -0.3 is 19.6 Å². The Kier molecular flexibility index (Phi) is 5.89. The van der Waals surface area contributed by atoms with Crippen LogP contribution in [0.25, 0.3) is 0 Å². The van der Waals surface area contributed by atoms with Crippen LogP contribution in [-0.4, -0.2) is 83.2 Å². The van der Waals surface area contributed by atoms with Crippen LogP contribution < -0.4 is 0 Å². The molecule has 0 aliphatic carbocycles. The molecule has 2 fully saturated rings. The number of morpholine rings is 1. The van der Waals surface area contributed by atoms with Crippen molar-refractivity contribution in [2.75, 3.05) is 50.9 Å². The zero-order valence-corrected chi connectivity index (χ0v) is 13.4. The minimum Gasteiger partial charge on any atom is -0.388 e. The zero-order valence-electron chi connectivity index (χ0n) is 12.5. The molecule has 21 heavy (non-hydrogen) atoms. The van der Waals surface area contributed by atoms with Crippen molar-refractivity contribution in [3.05, 3.63) is 0 Å². The van der Waals surface area contributed by atoms with Crippen molar-refractivity contribution in [2.24, 2.45) is 0 Å². The smallest absolute Gasteiger partial charge is 0.232 e. The van der Waals surface area contributed by atoms with Crippen molar-refractivity contribution in [1.29, 1.82) is 0 Å². The Morgan fingerprint density at radius 2 is 1.76 bits per heavy atom. The van der Waals surface area contributed by atoms with Gasteiger partial charge in [0, 0.05) is 26.2 Å². The van der Waals surface area contributed by atoms with E-state index in [-0.39, 0.29) is 11.8 Å². The molecule has 2 aliphatic heterocycles. The fourth-order valence-corrected chi connectivity index (χ4v) is 3.47. The van der Waals surface area contributed by atoms with Gasteiger partial charge in [-0.2, -0.15) is 0 Å². The van der Waals surface area contributed by atoms with Crippen LogP contribution in [-0.2, 0) is 14.3 Å². The highest BCUT2D eigenvalue weighted by molar-refractivity contribution is 8.00. The fourth-order valence-electron chi connectivity index (χ4n) is 2.65. The summed E-state index contributed by atoms with van der Waals surface area (Å²) in [6, 6.07) is 0. The number of amides is 2. The maximum absolute atomic E-state index is 12.1. The summed E-state index contributed by atoms with van der Waals surface area (Å²) in [5.41, 5.74) is -0.776. The van der Waals surface area contributed by atoms with Gasteiger partial charge in [0.05, 0.1) is 30.3 Å². The van der Waals surface area contributed by atoms with Crippen molar-refractivity contribution in [3.8, 4) is 0 Å². The topological polar surface area (TPSA) is 70.1 Å². The van der Waals surface area contributed by atoms with Crippen molar-refractivity contribution >= 4 is 23.6 Å². The average Bonchev–Trinajstić information content (AvgIpc) is 2.47. The number of hydrogen-bond donors (Lipinski definition) is 1. The van der Waals surface area contributed by atoms with Crippen LogP contribution in [0.15, 0.2) is 0 Å². The Balaban J connectivity index is 1.68. The van der Waals surface area contributed by atoms with Gasteiger partial charge in [0.2, 0.25) is 11.8 Å². The first-order valence-electron chi connectivity index (χ1n) is 7.41. The number of carbonyl (C=O) groups excluding carboxylic acids is 2. The summed E-state index contributed by atoms with van der Waals surface area (Å²) in [7, 11) is 0. The Labute approximate surface area is 129 Å². The molecule has 2 rings (SSSR count). The molecule has 0 aromatic heterocycles. The third-order valence-electron chi connectivity index (χ3n) is 3.84. The van der Waals surface area contributed by atoms with E-state index >= 15 is 0 Å². The van der Waals surface area contributed by atoms with Crippen molar-refractivity contribution in [1.82, 2.24) is 9.80 Å². The number of rotatable bonds is 4. The molecule has 6 nitrogen and oxygen atoms in total. The molecule has 2 aliphatic rings. The van der Waals surface area contributed by atoms with E-state index in [1.54, 1.807) is 16.7 Å². The molecular weight excluding hydrogens is 292 g/mol. The van der Waals surface area contributed by atoms with E-state index in [0.29, 0.717) is 50.9 Å². The first-order chi connectivity index (χ1) is 9.98. The highest BCUT2D eigenvalue weighted by atomic mass is 32.2. The fraction of sp³-hybridized carbons (Fsp3) is 0.857. The van der Waals surface area contributed by atoms with E-state index in [0.717, 1.165) is 12.8 Å². The number of piperidine rings is 1. The Morgan fingerprint density at radius 1 is 1.14 bits per heavy atom. The Morgan fingerprint density at radius 3 is 2.38 bits per heavy atom. The molecule has 1 unspecified atom stereocenters. The maximum Gasteiger partial charge on any atom is 0.232 e. The molecular formula is C14H24N2O4S. The molecule has 0 radical (unpaired) electrons. The SMILES string of the molecule is CC1(O)CCCN(C(=O)CSCC(=O)N2CCOCC2)C1. The second-order valence-corrected chi connectivity index (χ2v) is 6.89. The van der Waals surface area contributed by atoms with Gasteiger partial charge in [0.1, 0.15) is 0 Å². The van der Waals surface area contributed by atoms with Gasteiger partial charge in [0.15, 0.2) is 0 Å². The highest BCUT2D eigenvalue weighted by Crippen LogP contribution is 2.21. The van der Waals surface area contributed by atoms with Crippen LogP contribution in [0, 0.1) is 0 Å². The van der Waals surface area contributed by atoms with E-state index in [9.17, 15) is 14.7 Å². The zero-order chi connectivity index (χ0) is 15.3. The standard InChI is InChI=1S/C14H24N2O4S/c1-14(19)3-2-4-16(11-14)13(18)10-21-9-12(17)15-5-7-20-8-6-15/h19H,2-11H2,1H3. The van der Waals surface area contributed by atoms with Crippen molar-refractivity contribution < 1.29 is 19.4 Å². The lowest BCUT2D eigenvalue weighted by molar-refractivity contribution is -0.134. The Hall–Kier alpha value is -0.790. The molecule has 0 aromatic carbocycles. The number of β-amino-alcohol motifs (C(OH)–C–C–N with tert-alkyl or cyclic N) is 1. The lowest BCUT2D eigenvalue weighted by atomic mass is 9.95. The molecule has 1 N–H and O–H groups in total. The van der Waals surface area contributed by atoms with Crippen molar-refractivity contribution in [3.63, 3.8) is 0 Å². The highest BCUT2D eigenvalue weighted by Gasteiger charge is 2.30. The van der Waals surface area contributed by atoms with Gasteiger partial charge in [-0.3, -0.25) is 9.59 Å². The summed E-state index contributed by atoms with van der Waals surface area (Å²) >= 11 is 1.35. The number of carbonyl (C=O) groups is 2. The van der Waals surface area contributed by atoms with E-state index in [1.807, 2.05) is 0 Å². The van der Waals surface area contributed by atoms with Gasteiger partial charge >= 0.3 is 0 Å². The predicted octanol–water partition coefficient (Wildman–Crippen LogP) is -0.0482. The predicted molar refractivity (Wildman–Crippen MR) is 81.2 cm³/mol. The number of ether oxygens (including phenoxy) is 1. The average molecular weight is 316 g/mol. The lowest BCUT2D eigenvalue weighted by Gasteiger charge is -2.36. The largest absolute Gasteiger partial charge is 0.388 e. The van der Waals surface area contributed by atoms with E-state index in [4.69, 9.17) is 4.74 Å². The second kappa shape index (κ2) is 7.47. The Bertz CT molecular complexity index is 383. The molecule has 0 aromatic rings. The molecule has 1 atom stereocenters. The van der Waals surface area contributed by atoms with Gasteiger partial charge in [-0.15, -0.1) is 11.8 Å². The lowest BCUT2D eigenvalue weighted by Crippen LogP contribution is -2.49. The second-order valence-electron chi connectivity index (χ2n) is 5.90. The molecule has 0 spiro atoms. The minimum absolute atomic E-state index is 0.00903. The van der Waals surface area contributed by atoms with E-state index in [2.05, 4.69) is 0 Å². The summed E-state index contributed by atoms with van der Waals surface area (Å²) in [4.78, 5) is 27.5. The molecule has 2 saturated heterocycles. The van der Waals surface area contributed by atoms with Crippen LogP contribution in [0.3, 0.4) is 0 Å². The van der Waals surface area contributed by atoms with Crippen LogP contribution in [0.2, 0.25) is 0 Å². The van der Waals surface area contributed by atoms with Gasteiger partial charge in [0.25, 0.3) is 0 Å². The number of hydrogen-bond acceptors (Lipinski definition) is 5. The summed E-state index contributed by atoms with van der Waals surface area (Å²) in [6.45, 7) is 5.33. The molecule has 0 bridgehead atoms. The molecule has 120 valence electrons. The summed E-state index contributed by atoms with van der Waals surface area (Å²) in [5, 5.41) is 10.0. The van der Waals surface area contributed by atoms with Gasteiger partial charge in [-0.1, -0.05) is 0 Å². The number of nitrogens with zero attached hydrogens (tertiary/aromatic N) is 2. The summed E-state index contributed by atoms with van der Waals surface area (Å²) in [5.74, 6) is 0.707. The number of thioether (sulfide) groups is 1. The van der Waals surface area contributed by atoms with Crippen LogP contribution in [0.5, 0.6) is 0 Å². The van der Waals surface area contributed by atoms with Crippen LogP contribution >= 0.6 is 11.8 Å². The van der Waals surface area contributed by atoms with Gasteiger partial charge in [-0.25, -0.2) is 0 Å². The first-order valence-corrected chi connectivity index (χ1v) is 8.57. The first kappa shape index (κ1) is 16.6. The molecule has 2 heterocycles.